The highest BCUT2D eigenvalue weighted by Gasteiger charge is 2.44. The molecule has 0 unspecified atom stereocenters. The molecule has 0 atom stereocenters. The highest BCUT2D eigenvalue weighted by atomic mass is 79.9. The summed E-state index contributed by atoms with van der Waals surface area (Å²) in [4.78, 5) is 11.4. The lowest BCUT2D eigenvalue weighted by atomic mass is 10.0. The number of unbranched alkanes of at least 4 members (excludes halogenated alkanes) is 4. The van der Waals surface area contributed by atoms with Crippen LogP contribution < -0.4 is 32.9 Å². The highest BCUT2D eigenvalue weighted by Crippen LogP contribution is 2.56. The fourth-order valence-corrected chi connectivity index (χ4v) is 9.43. The molecule has 0 aliphatic heterocycles. The molecule has 0 fully saturated rings. The SMILES string of the molecule is O=C(O)c1ccccc1CCCCCCC[P+](c1ccccc1)(c1ccccc1)c1ccccc1.[Br-]. The van der Waals surface area contributed by atoms with Crippen molar-refractivity contribution in [3.63, 3.8) is 0 Å². The van der Waals surface area contributed by atoms with E-state index in [0.29, 0.717) is 5.56 Å². The number of halogens is 1. The summed E-state index contributed by atoms with van der Waals surface area (Å²) in [5.74, 6) is -0.830. The molecule has 36 heavy (non-hydrogen) atoms. The Morgan fingerprint density at radius 1 is 0.556 bits per heavy atom. The summed E-state index contributed by atoms with van der Waals surface area (Å²) < 4.78 is 0. The molecule has 1 N–H and O–H groups in total. The van der Waals surface area contributed by atoms with Gasteiger partial charge in [-0.05, 0) is 73.7 Å². The molecule has 0 heterocycles. The van der Waals surface area contributed by atoms with Gasteiger partial charge in [0.2, 0.25) is 0 Å². The number of hydrogen-bond acceptors (Lipinski definition) is 1. The van der Waals surface area contributed by atoms with E-state index in [1.165, 1.54) is 35.2 Å². The van der Waals surface area contributed by atoms with Gasteiger partial charge in [0.05, 0.1) is 11.7 Å². The average Bonchev–Trinajstić information content (AvgIpc) is 2.92. The predicted octanol–water partition coefficient (Wildman–Crippen LogP) is 3.88. The molecule has 0 aromatic heterocycles. The molecule has 0 radical (unpaired) electrons. The van der Waals surface area contributed by atoms with Crippen LogP contribution in [0.2, 0.25) is 0 Å². The van der Waals surface area contributed by atoms with E-state index in [9.17, 15) is 9.90 Å². The lowest BCUT2D eigenvalue weighted by Crippen LogP contribution is -3.00. The molecule has 2 nitrogen and oxygen atoms in total. The monoisotopic (exact) mass is 560 g/mol. The third-order valence-corrected chi connectivity index (χ3v) is 11.3. The molecule has 0 aliphatic carbocycles. The zero-order valence-electron chi connectivity index (χ0n) is 20.6. The molecule has 4 rings (SSSR count). The molecule has 0 aliphatic rings. The first-order valence-corrected chi connectivity index (χ1v) is 14.6. The second kappa shape index (κ2) is 14.1. The summed E-state index contributed by atoms with van der Waals surface area (Å²) in [6, 6.07) is 40.6. The quantitative estimate of drug-likeness (QED) is 0.211. The average molecular weight is 562 g/mol. The number of rotatable bonds is 12. The first kappa shape index (κ1) is 27.8. The van der Waals surface area contributed by atoms with Gasteiger partial charge in [-0.25, -0.2) is 4.79 Å². The number of carbonyl (C=O) groups is 1. The Bertz CT molecular complexity index is 1100. The van der Waals surface area contributed by atoms with E-state index in [2.05, 4.69) is 91.0 Å². The van der Waals surface area contributed by atoms with Crippen molar-refractivity contribution in [1.29, 1.82) is 0 Å². The third kappa shape index (κ3) is 6.72. The van der Waals surface area contributed by atoms with Gasteiger partial charge in [-0.15, -0.1) is 0 Å². The van der Waals surface area contributed by atoms with E-state index >= 15 is 0 Å². The summed E-state index contributed by atoms with van der Waals surface area (Å²) in [7, 11) is -1.74. The van der Waals surface area contributed by atoms with Gasteiger partial charge in [0.1, 0.15) is 23.2 Å². The minimum Gasteiger partial charge on any atom is -1.00 e. The van der Waals surface area contributed by atoms with Crippen molar-refractivity contribution in [2.24, 2.45) is 0 Å². The van der Waals surface area contributed by atoms with E-state index in [1.807, 2.05) is 12.1 Å². The van der Waals surface area contributed by atoms with Gasteiger partial charge >= 0.3 is 5.97 Å². The number of benzene rings is 4. The fraction of sp³-hybridized carbons (Fsp3) is 0.219. The summed E-state index contributed by atoms with van der Waals surface area (Å²) in [6.45, 7) is 0. The smallest absolute Gasteiger partial charge is 0.335 e. The molecule has 4 aromatic carbocycles. The van der Waals surface area contributed by atoms with Gasteiger partial charge in [0, 0.05) is 0 Å². The van der Waals surface area contributed by atoms with Crippen LogP contribution in [0.25, 0.3) is 0 Å². The van der Waals surface area contributed by atoms with Crippen LogP contribution in [0.1, 0.15) is 48.0 Å². The minimum atomic E-state index is -1.74. The Balaban J connectivity index is 0.00000361. The van der Waals surface area contributed by atoms with E-state index in [0.717, 1.165) is 31.0 Å². The van der Waals surface area contributed by atoms with Crippen LogP contribution in [0.15, 0.2) is 115 Å². The molecular weight excluding hydrogens is 527 g/mol. The Hall–Kier alpha value is -2.74. The minimum absolute atomic E-state index is 0. The lowest BCUT2D eigenvalue weighted by molar-refractivity contribution is -0.0000225. The maximum absolute atomic E-state index is 11.4. The summed E-state index contributed by atoms with van der Waals surface area (Å²) in [5.41, 5.74) is 1.39. The van der Waals surface area contributed by atoms with Crippen LogP contribution in [0, 0.1) is 0 Å². The van der Waals surface area contributed by atoms with Gasteiger partial charge < -0.3 is 22.1 Å². The van der Waals surface area contributed by atoms with Gasteiger partial charge in [-0.2, -0.15) is 0 Å². The van der Waals surface area contributed by atoms with Gasteiger partial charge in [-0.3, -0.25) is 0 Å². The molecule has 0 saturated carbocycles. The summed E-state index contributed by atoms with van der Waals surface area (Å²) in [6.07, 6.45) is 7.69. The fourth-order valence-electron chi connectivity index (χ4n) is 5.02. The van der Waals surface area contributed by atoms with Crippen molar-refractivity contribution in [2.45, 2.75) is 38.5 Å². The molecule has 0 bridgehead atoms. The van der Waals surface area contributed by atoms with Gasteiger partial charge in [0.25, 0.3) is 0 Å². The number of carboxylic acid groups (broad SMARTS) is 1. The van der Waals surface area contributed by atoms with Crippen LogP contribution in [-0.4, -0.2) is 17.2 Å². The van der Waals surface area contributed by atoms with E-state index in [4.69, 9.17) is 0 Å². The standard InChI is InChI=1S/C32H33O2P.BrH/c33-32(34)31-25-15-14-18-27(31)17-7-2-1-3-16-26-35(28-19-8-4-9-20-28,29-21-10-5-11-22-29)30-23-12-6-13-24-30;/h4-6,8-15,18-25H,1-3,7,16-17,26H2;1H. The summed E-state index contributed by atoms with van der Waals surface area (Å²) >= 11 is 0. The van der Waals surface area contributed by atoms with Crippen molar-refractivity contribution in [2.75, 3.05) is 6.16 Å². The zero-order chi connectivity index (χ0) is 24.3. The van der Waals surface area contributed by atoms with Crippen LogP contribution >= 0.6 is 7.26 Å². The predicted molar refractivity (Wildman–Crippen MR) is 150 cm³/mol. The maximum Gasteiger partial charge on any atom is 0.335 e. The third-order valence-electron chi connectivity index (χ3n) is 6.78. The molecule has 186 valence electrons. The van der Waals surface area contributed by atoms with Crippen molar-refractivity contribution < 1.29 is 26.9 Å². The van der Waals surface area contributed by atoms with Crippen LogP contribution in [-0.2, 0) is 6.42 Å². The topological polar surface area (TPSA) is 37.3 Å². The molecule has 4 heteroatoms. The largest absolute Gasteiger partial charge is 1.00 e. The Morgan fingerprint density at radius 3 is 1.47 bits per heavy atom. The normalized spacial score (nSPS) is 11.0. The van der Waals surface area contributed by atoms with Crippen LogP contribution in [0.3, 0.4) is 0 Å². The first-order valence-electron chi connectivity index (χ1n) is 12.6. The lowest BCUT2D eigenvalue weighted by Gasteiger charge is -2.27. The van der Waals surface area contributed by atoms with Crippen molar-refractivity contribution in [1.82, 2.24) is 0 Å². The zero-order valence-corrected chi connectivity index (χ0v) is 23.1. The van der Waals surface area contributed by atoms with Crippen LogP contribution in [0.5, 0.6) is 0 Å². The summed E-state index contributed by atoms with van der Waals surface area (Å²) in [5, 5.41) is 13.7. The maximum atomic E-state index is 11.4. The van der Waals surface area contributed by atoms with Crippen molar-refractivity contribution in [3.05, 3.63) is 126 Å². The number of aryl methyl sites for hydroxylation is 1. The second-order valence-corrected chi connectivity index (χ2v) is 12.6. The Labute approximate surface area is 226 Å². The molecule has 0 amide bonds. The molecule has 0 saturated heterocycles. The molecular formula is C32H34BrO2P. The van der Waals surface area contributed by atoms with Crippen LogP contribution in [0.4, 0.5) is 0 Å². The number of hydrogen-bond donors (Lipinski definition) is 1. The van der Waals surface area contributed by atoms with Gasteiger partial charge in [0.15, 0.2) is 0 Å². The first-order chi connectivity index (χ1) is 17.2. The van der Waals surface area contributed by atoms with Gasteiger partial charge in [-0.1, -0.05) is 85.6 Å². The van der Waals surface area contributed by atoms with E-state index < -0.39 is 13.2 Å². The van der Waals surface area contributed by atoms with Crippen molar-refractivity contribution in [3.8, 4) is 0 Å². The van der Waals surface area contributed by atoms with E-state index in [-0.39, 0.29) is 17.0 Å². The number of aromatic carboxylic acids is 1. The second-order valence-electron chi connectivity index (χ2n) is 9.02. The number of carboxylic acids is 1. The molecule has 4 aromatic rings. The van der Waals surface area contributed by atoms with Crippen molar-refractivity contribution >= 4 is 29.1 Å². The highest BCUT2D eigenvalue weighted by molar-refractivity contribution is 7.95. The molecule has 0 spiro atoms. The van der Waals surface area contributed by atoms with E-state index in [1.54, 1.807) is 12.1 Å². The Morgan fingerprint density at radius 2 is 0.972 bits per heavy atom. The Kier molecular flexibility index (Phi) is 10.9.